The van der Waals surface area contributed by atoms with Crippen molar-refractivity contribution >= 4 is 15.9 Å². The molecule has 1 heterocycles. The molecule has 0 fully saturated rings. The van der Waals surface area contributed by atoms with Gasteiger partial charge in [-0.25, -0.2) is 4.39 Å². The zero-order valence-corrected chi connectivity index (χ0v) is 13.0. The number of halogens is 2. The highest BCUT2D eigenvalue weighted by Gasteiger charge is 2.22. The van der Waals surface area contributed by atoms with Crippen LogP contribution in [0.25, 0.3) is 0 Å². The molecule has 108 valence electrons. The second-order valence-corrected chi connectivity index (χ2v) is 5.19. The second-order valence-electron chi connectivity index (χ2n) is 4.34. The highest BCUT2D eigenvalue weighted by atomic mass is 79.9. The molecule has 4 nitrogen and oxygen atoms in total. The predicted molar refractivity (Wildman–Crippen MR) is 79.1 cm³/mol. The molecule has 0 aliphatic rings. The average molecular weight is 342 g/mol. The van der Waals surface area contributed by atoms with Crippen LogP contribution in [0.3, 0.4) is 0 Å². The van der Waals surface area contributed by atoms with Gasteiger partial charge < -0.3 is 10.1 Å². The summed E-state index contributed by atoms with van der Waals surface area (Å²) in [6, 6.07) is 6.47. The first kappa shape index (κ1) is 15.2. The fourth-order valence-corrected chi connectivity index (χ4v) is 2.69. The zero-order valence-electron chi connectivity index (χ0n) is 11.4. The average Bonchev–Trinajstić information content (AvgIpc) is 2.81. The van der Waals surface area contributed by atoms with E-state index in [1.165, 1.54) is 6.07 Å². The Bertz CT molecular complexity index is 573. The number of rotatable bonds is 6. The Hall–Kier alpha value is -1.24. The molecule has 0 bridgehead atoms. The van der Waals surface area contributed by atoms with Gasteiger partial charge in [0.1, 0.15) is 5.82 Å². The highest BCUT2D eigenvalue weighted by molar-refractivity contribution is 9.10. The molecule has 0 radical (unpaired) electrons. The topological polar surface area (TPSA) is 39.1 Å². The minimum absolute atomic E-state index is 0.238. The molecule has 1 N–H and O–H groups in total. The van der Waals surface area contributed by atoms with Crippen LogP contribution in [0.4, 0.5) is 4.39 Å². The van der Waals surface area contributed by atoms with Gasteiger partial charge in [-0.2, -0.15) is 5.10 Å². The Morgan fingerprint density at radius 2 is 2.20 bits per heavy atom. The Balaban J connectivity index is 2.42. The van der Waals surface area contributed by atoms with Crippen molar-refractivity contribution in [2.45, 2.75) is 12.6 Å². The number of benzene rings is 1. The van der Waals surface area contributed by atoms with Crippen molar-refractivity contribution in [1.82, 2.24) is 15.1 Å². The van der Waals surface area contributed by atoms with Gasteiger partial charge in [0.2, 0.25) is 0 Å². The van der Waals surface area contributed by atoms with Gasteiger partial charge in [-0.05, 0) is 29.0 Å². The quantitative estimate of drug-likeness (QED) is 0.877. The first-order valence-electron chi connectivity index (χ1n) is 6.30. The minimum atomic E-state index is -0.273. The van der Waals surface area contributed by atoms with Crippen LogP contribution in [0.1, 0.15) is 17.3 Å². The summed E-state index contributed by atoms with van der Waals surface area (Å²) in [5.74, 6) is -0.238. The number of nitrogens with one attached hydrogen (secondary N) is 1. The third kappa shape index (κ3) is 3.08. The zero-order chi connectivity index (χ0) is 14.5. The molecule has 0 aliphatic heterocycles. The van der Waals surface area contributed by atoms with Crippen LogP contribution in [0.2, 0.25) is 0 Å². The molecular formula is C14H17BrFN3O. The molecule has 0 aliphatic carbocycles. The smallest absolute Gasteiger partial charge is 0.128 e. The molecule has 0 saturated carbocycles. The molecular weight excluding hydrogens is 325 g/mol. The van der Waals surface area contributed by atoms with Gasteiger partial charge in [-0.3, -0.25) is 4.68 Å². The second kappa shape index (κ2) is 6.97. The van der Waals surface area contributed by atoms with E-state index in [0.717, 1.165) is 10.2 Å². The summed E-state index contributed by atoms with van der Waals surface area (Å²) in [5, 5.41) is 7.45. The van der Waals surface area contributed by atoms with Crippen LogP contribution in [0, 0.1) is 5.82 Å². The summed E-state index contributed by atoms with van der Waals surface area (Å²) in [4.78, 5) is 0. The van der Waals surface area contributed by atoms with Crippen LogP contribution in [-0.4, -0.2) is 30.5 Å². The summed E-state index contributed by atoms with van der Waals surface area (Å²) < 4.78 is 21.8. The van der Waals surface area contributed by atoms with Crippen molar-refractivity contribution in [2.75, 3.05) is 20.8 Å². The Kier molecular flexibility index (Phi) is 5.28. The van der Waals surface area contributed by atoms with Gasteiger partial charge >= 0.3 is 0 Å². The lowest BCUT2D eigenvalue weighted by Crippen LogP contribution is -2.24. The molecule has 0 spiro atoms. The van der Waals surface area contributed by atoms with Gasteiger partial charge in [0.05, 0.1) is 35.6 Å². The molecule has 6 heteroatoms. The van der Waals surface area contributed by atoms with Gasteiger partial charge in [-0.15, -0.1) is 0 Å². The minimum Gasteiger partial charge on any atom is -0.383 e. The van der Waals surface area contributed by atoms with E-state index in [-0.39, 0.29) is 11.9 Å². The molecule has 2 rings (SSSR count). The van der Waals surface area contributed by atoms with E-state index in [4.69, 9.17) is 4.74 Å². The molecule has 1 atom stereocenters. The number of hydrogen-bond acceptors (Lipinski definition) is 3. The fraction of sp³-hybridized carbons (Fsp3) is 0.357. The number of aromatic nitrogens is 2. The lowest BCUT2D eigenvalue weighted by molar-refractivity contribution is 0.182. The largest absolute Gasteiger partial charge is 0.383 e. The molecule has 1 aromatic heterocycles. The number of ether oxygens (including phenoxy) is 1. The number of nitrogens with zero attached hydrogens (tertiary/aromatic N) is 2. The number of methoxy groups -OCH3 is 1. The van der Waals surface area contributed by atoms with E-state index in [2.05, 4.69) is 26.3 Å². The molecule has 20 heavy (non-hydrogen) atoms. The van der Waals surface area contributed by atoms with Gasteiger partial charge in [-0.1, -0.05) is 18.2 Å². The predicted octanol–water partition coefficient (Wildman–Crippen LogP) is 2.74. The lowest BCUT2D eigenvalue weighted by atomic mass is 10.0. The van der Waals surface area contributed by atoms with Gasteiger partial charge in [0.15, 0.2) is 0 Å². The summed E-state index contributed by atoms with van der Waals surface area (Å²) in [6.45, 7) is 1.17. The molecule has 0 saturated heterocycles. The van der Waals surface area contributed by atoms with Crippen molar-refractivity contribution in [3.05, 3.63) is 52.0 Å². The van der Waals surface area contributed by atoms with Crippen LogP contribution in [-0.2, 0) is 11.3 Å². The van der Waals surface area contributed by atoms with Crippen molar-refractivity contribution in [1.29, 1.82) is 0 Å². The van der Waals surface area contributed by atoms with Crippen molar-refractivity contribution < 1.29 is 9.13 Å². The van der Waals surface area contributed by atoms with E-state index in [1.807, 2.05) is 10.7 Å². The summed E-state index contributed by atoms with van der Waals surface area (Å²) >= 11 is 3.49. The van der Waals surface area contributed by atoms with E-state index in [1.54, 1.807) is 32.5 Å². The first-order chi connectivity index (χ1) is 9.69. The summed E-state index contributed by atoms with van der Waals surface area (Å²) in [5.41, 5.74) is 1.48. The van der Waals surface area contributed by atoms with E-state index in [9.17, 15) is 4.39 Å². The van der Waals surface area contributed by atoms with Gasteiger partial charge in [0, 0.05) is 12.7 Å². The van der Waals surface area contributed by atoms with Gasteiger partial charge in [0.25, 0.3) is 0 Å². The maximum atomic E-state index is 14.0. The highest BCUT2D eigenvalue weighted by Crippen LogP contribution is 2.29. The Morgan fingerprint density at radius 3 is 2.85 bits per heavy atom. The Labute approximate surface area is 126 Å². The van der Waals surface area contributed by atoms with Crippen molar-refractivity contribution in [3.8, 4) is 0 Å². The standard InChI is InChI=1S/C14H17BrFN3O/c1-17-13(10-5-3-4-6-12(10)16)14-11(15)9-18-19(14)7-8-20-2/h3-6,9,13,17H,7-8H2,1-2H3. The van der Waals surface area contributed by atoms with Crippen LogP contribution >= 0.6 is 15.9 Å². The summed E-state index contributed by atoms with van der Waals surface area (Å²) in [7, 11) is 3.45. The third-order valence-corrected chi connectivity index (χ3v) is 3.73. The van der Waals surface area contributed by atoms with Crippen LogP contribution in [0.15, 0.2) is 34.9 Å². The lowest BCUT2D eigenvalue weighted by Gasteiger charge is -2.19. The number of hydrogen-bond donors (Lipinski definition) is 1. The molecule has 1 aromatic carbocycles. The molecule has 0 amide bonds. The van der Waals surface area contributed by atoms with E-state index in [0.29, 0.717) is 18.7 Å². The normalized spacial score (nSPS) is 12.6. The maximum Gasteiger partial charge on any atom is 0.128 e. The van der Waals surface area contributed by atoms with Crippen molar-refractivity contribution in [2.24, 2.45) is 0 Å². The first-order valence-corrected chi connectivity index (χ1v) is 7.10. The van der Waals surface area contributed by atoms with Crippen LogP contribution < -0.4 is 5.32 Å². The fourth-order valence-electron chi connectivity index (χ4n) is 2.16. The van der Waals surface area contributed by atoms with Crippen LogP contribution in [0.5, 0.6) is 0 Å². The Morgan fingerprint density at radius 1 is 1.45 bits per heavy atom. The van der Waals surface area contributed by atoms with E-state index >= 15 is 0 Å². The summed E-state index contributed by atoms with van der Waals surface area (Å²) in [6.07, 6.45) is 1.72. The van der Waals surface area contributed by atoms with Crippen molar-refractivity contribution in [3.63, 3.8) is 0 Å². The van der Waals surface area contributed by atoms with E-state index < -0.39 is 0 Å². The SMILES string of the molecule is CNC(c1ccccc1F)c1c(Br)cnn1CCOC. The molecule has 2 aromatic rings. The molecule has 1 unspecified atom stereocenters. The monoisotopic (exact) mass is 341 g/mol. The maximum absolute atomic E-state index is 14.0. The third-order valence-electron chi connectivity index (χ3n) is 3.12.